The summed E-state index contributed by atoms with van der Waals surface area (Å²) in [5.74, 6) is 0.955. The maximum atomic E-state index is 5.78. The third kappa shape index (κ3) is 3.38. The Kier molecular flexibility index (Phi) is 5.56. The van der Waals surface area contributed by atoms with Crippen molar-refractivity contribution in [2.45, 2.75) is 33.2 Å². The fourth-order valence-electron chi connectivity index (χ4n) is 2.23. The van der Waals surface area contributed by atoms with Gasteiger partial charge in [-0.15, -0.1) is 11.3 Å². The average molecular weight is 290 g/mol. The Morgan fingerprint density at radius 3 is 2.75 bits per heavy atom. The molecule has 1 heterocycles. The summed E-state index contributed by atoms with van der Waals surface area (Å²) in [5.41, 5.74) is 4.19. The molecule has 1 unspecified atom stereocenters. The van der Waals surface area contributed by atoms with Crippen LogP contribution in [-0.2, 0) is 0 Å². The van der Waals surface area contributed by atoms with Gasteiger partial charge in [0.1, 0.15) is 5.75 Å². The standard InChI is InChI=1S/C16H22N2OS/c1-4-10-17-15(16-12(3)18-11-20-16)13-8-6-7-9-14(13)19-5-2/h6-9,11,15,17H,4-5,10H2,1-3H3. The molecule has 0 aliphatic rings. The highest BCUT2D eigenvalue weighted by Gasteiger charge is 2.20. The number of para-hydroxylation sites is 1. The molecule has 4 heteroatoms. The number of nitrogens with one attached hydrogen (secondary N) is 1. The molecular formula is C16H22N2OS. The van der Waals surface area contributed by atoms with E-state index in [0.717, 1.165) is 24.4 Å². The van der Waals surface area contributed by atoms with Gasteiger partial charge in [-0.2, -0.15) is 0 Å². The third-order valence-electron chi connectivity index (χ3n) is 3.17. The van der Waals surface area contributed by atoms with Crippen molar-refractivity contribution in [2.75, 3.05) is 13.2 Å². The highest BCUT2D eigenvalue weighted by Crippen LogP contribution is 2.33. The number of hydrogen-bond acceptors (Lipinski definition) is 4. The van der Waals surface area contributed by atoms with Gasteiger partial charge >= 0.3 is 0 Å². The van der Waals surface area contributed by atoms with Gasteiger partial charge < -0.3 is 10.1 Å². The van der Waals surface area contributed by atoms with Crippen LogP contribution in [0.15, 0.2) is 29.8 Å². The van der Waals surface area contributed by atoms with Gasteiger partial charge in [0.15, 0.2) is 0 Å². The van der Waals surface area contributed by atoms with Crippen LogP contribution in [0.2, 0.25) is 0 Å². The molecule has 0 radical (unpaired) electrons. The molecule has 0 aliphatic carbocycles. The number of aromatic nitrogens is 1. The van der Waals surface area contributed by atoms with Crippen LogP contribution < -0.4 is 10.1 Å². The summed E-state index contributed by atoms with van der Waals surface area (Å²) in [4.78, 5) is 5.65. The lowest BCUT2D eigenvalue weighted by molar-refractivity contribution is 0.333. The molecule has 3 nitrogen and oxygen atoms in total. The smallest absolute Gasteiger partial charge is 0.124 e. The highest BCUT2D eigenvalue weighted by atomic mass is 32.1. The lowest BCUT2D eigenvalue weighted by atomic mass is 10.0. The molecule has 1 N–H and O–H groups in total. The number of nitrogens with zero attached hydrogens (tertiary/aromatic N) is 1. The molecule has 0 spiro atoms. The van der Waals surface area contributed by atoms with E-state index in [1.165, 1.54) is 10.4 Å². The Labute approximate surface area is 125 Å². The van der Waals surface area contributed by atoms with Crippen molar-refractivity contribution in [1.82, 2.24) is 10.3 Å². The summed E-state index contributed by atoms with van der Waals surface area (Å²) in [7, 11) is 0. The topological polar surface area (TPSA) is 34.1 Å². The van der Waals surface area contributed by atoms with Crippen LogP contribution in [0.1, 0.15) is 42.4 Å². The molecule has 2 rings (SSSR count). The summed E-state index contributed by atoms with van der Waals surface area (Å²) in [6, 6.07) is 8.41. The molecule has 0 fully saturated rings. The van der Waals surface area contributed by atoms with Crippen LogP contribution >= 0.6 is 11.3 Å². The summed E-state index contributed by atoms with van der Waals surface area (Å²) < 4.78 is 5.78. The monoisotopic (exact) mass is 290 g/mol. The van der Waals surface area contributed by atoms with E-state index in [4.69, 9.17) is 4.74 Å². The van der Waals surface area contributed by atoms with E-state index < -0.39 is 0 Å². The summed E-state index contributed by atoms with van der Waals surface area (Å²) in [6.07, 6.45) is 1.10. The highest BCUT2D eigenvalue weighted by molar-refractivity contribution is 7.09. The van der Waals surface area contributed by atoms with Gasteiger partial charge in [-0.25, -0.2) is 4.98 Å². The van der Waals surface area contributed by atoms with E-state index in [0.29, 0.717) is 6.61 Å². The minimum Gasteiger partial charge on any atom is -0.494 e. The fourth-order valence-corrected chi connectivity index (χ4v) is 3.12. The molecule has 0 amide bonds. The molecule has 1 atom stereocenters. The zero-order valence-electron chi connectivity index (χ0n) is 12.3. The quantitative estimate of drug-likeness (QED) is 0.838. The zero-order chi connectivity index (χ0) is 14.4. The van der Waals surface area contributed by atoms with Crippen LogP contribution in [0.4, 0.5) is 0 Å². The van der Waals surface area contributed by atoms with Gasteiger partial charge in [0, 0.05) is 10.4 Å². The van der Waals surface area contributed by atoms with Crippen LogP contribution in [-0.4, -0.2) is 18.1 Å². The Hall–Kier alpha value is -1.39. The molecule has 2 aromatic rings. The molecule has 20 heavy (non-hydrogen) atoms. The molecular weight excluding hydrogens is 268 g/mol. The van der Waals surface area contributed by atoms with Gasteiger partial charge in [0.25, 0.3) is 0 Å². The predicted molar refractivity (Wildman–Crippen MR) is 84.6 cm³/mol. The van der Waals surface area contributed by atoms with E-state index >= 15 is 0 Å². The minimum atomic E-state index is 0.158. The summed E-state index contributed by atoms with van der Waals surface area (Å²) >= 11 is 1.70. The normalized spacial score (nSPS) is 12.3. The molecule has 108 valence electrons. The Morgan fingerprint density at radius 2 is 2.10 bits per heavy atom. The Bertz CT molecular complexity index is 539. The van der Waals surface area contributed by atoms with Crippen molar-refractivity contribution in [3.05, 3.63) is 45.9 Å². The van der Waals surface area contributed by atoms with Crippen LogP contribution in [0, 0.1) is 6.92 Å². The van der Waals surface area contributed by atoms with Crippen molar-refractivity contribution in [1.29, 1.82) is 0 Å². The average Bonchev–Trinajstić information content (AvgIpc) is 2.88. The number of rotatable bonds is 7. The van der Waals surface area contributed by atoms with Crippen LogP contribution in [0.3, 0.4) is 0 Å². The van der Waals surface area contributed by atoms with Crippen molar-refractivity contribution >= 4 is 11.3 Å². The number of aryl methyl sites for hydroxylation is 1. The van der Waals surface area contributed by atoms with Crippen LogP contribution in [0.25, 0.3) is 0 Å². The zero-order valence-corrected chi connectivity index (χ0v) is 13.2. The minimum absolute atomic E-state index is 0.158. The van der Waals surface area contributed by atoms with Gasteiger partial charge in [-0.1, -0.05) is 25.1 Å². The SMILES string of the molecule is CCCNC(c1ccccc1OCC)c1scnc1C. The largest absolute Gasteiger partial charge is 0.494 e. The van der Waals surface area contributed by atoms with E-state index in [1.807, 2.05) is 24.6 Å². The lowest BCUT2D eigenvalue weighted by Gasteiger charge is -2.21. The predicted octanol–water partition coefficient (Wildman–Crippen LogP) is 3.94. The second-order valence-electron chi connectivity index (χ2n) is 4.66. The molecule has 0 saturated carbocycles. The molecule has 0 aliphatic heterocycles. The van der Waals surface area contributed by atoms with Gasteiger partial charge in [-0.3, -0.25) is 0 Å². The molecule has 1 aromatic heterocycles. The molecule has 0 saturated heterocycles. The molecule has 0 bridgehead atoms. The van der Waals surface area contributed by atoms with Gasteiger partial charge in [0.2, 0.25) is 0 Å². The number of hydrogen-bond donors (Lipinski definition) is 1. The first-order valence-electron chi connectivity index (χ1n) is 7.13. The van der Waals surface area contributed by atoms with Gasteiger partial charge in [-0.05, 0) is 32.9 Å². The molecule has 1 aromatic carbocycles. The number of ether oxygens (including phenoxy) is 1. The Balaban J connectivity index is 2.38. The van der Waals surface area contributed by atoms with Crippen molar-refractivity contribution in [3.63, 3.8) is 0 Å². The third-order valence-corrected chi connectivity index (χ3v) is 4.17. The fraction of sp³-hybridized carbons (Fsp3) is 0.438. The summed E-state index contributed by atoms with van der Waals surface area (Å²) in [5, 5.41) is 3.62. The van der Waals surface area contributed by atoms with Crippen molar-refractivity contribution in [2.24, 2.45) is 0 Å². The Morgan fingerprint density at radius 1 is 1.30 bits per heavy atom. The van der Waals surface area contributed by atoms with E-state index in [1.54, 1.807) is 11.3 Å². The number of thiazole rings is 1. The second-order valence-corrected chi connectivity index (χ2v) is 5.55. The first-order valence-corrected chi connectivity index (χ1v) is 8.01. The van der Waals surface area contributed by atoms with Crippen LogP contribution in [0.5, 0.6) is 5.75 Å². The maximum Gasteiger partial charge on any atom is 0.124 e. The van der Waals surface area contributed by atoms with Crippen molar-refractivity contribution < 1.29 is 4.74 Å². The van der Waals surface area contributed by atoms with Gasteiger partial charge in [0.05, 0.1) is 23.9 Å². The lowest BCUT2D eigenvalue weighted by Crippen LogP contribution is -2.23. The first kappa shape index (κ1) is 15.0. The van der Waals surface area contributed by atoms with E-state index in [9.17, 15) is 0 Å². The maximum absolute atomic E-state index is 5.78. The first-order chi connectivity index (χ1) is 9.77. The second kappa shape index (κ2) is 7.41. The van der Waals surface area contributed by atoms with E-state index in [2.05, 4.69) is 36.3 Å². The summed E-state index contributed by atoms with van der Waals surface area (Å²) in [6.45, 7) is 7.92. The van der Waals surface area contributed by atoms with Crippen molar-refractivity contribution in [3.8, 4) is 5.75 Å². The number of benzene rings is 1. The van der Waals surface area contributed by atoms with E-state index in [-0.39, 0.29) is 6.04 Å².